The Labute approximate surface area is 161 Å². The van der Waals surface area contributed by atoms with Gasteiger partial charge < -0.3 is 10.2 Å². The number of nitrogens with one attached hydrogen (secondary N) is 1. The van der Waals surface area contributed by atoms with E-state index in [4.69, 9.17) is 5.26 Å². The maximum absolute atomic E-state index is 12.3. The number of amides is 1. The van der Waals surface area contributed by atoms with Gasteiger partial charge in [0.25, 0.3) is 5.91 Å². The van der Waals surface area contributed by atoms with Gasteiger partial charge >= 0.3 is 0 Å². The van der Waals surface area contributed by atoms with E-state index in [0.29, 0.717) is 29.5 Å². The van der Waals surface area contributed by atoms with Crippen LogP contribution >= 0.6 is 0 Å². The van der Waals surface area contributed by atoms with E-state index in [-0.39, 0.29) is 5.91 Å². The van der Waals surface area contributed by atoms with Crippen molar-refractivity contribution in [3.63, 3.8) is 0 Å². The molecule has 1 aliphatic rings. The summed E-state index contributed by atoms with van der Waals surface area (Å²) in [5, 5.41) is 11.8. The molecule has 0 atom stereocenters. The number of carbonyl (C=O) groups excluding carboxylic acids is 1. The van der Waals surface area contributed by atoms with Gasteiger partial charge in [-0.05, 0) is 49.6 Å². The zero-order valence-electron chi connectivity index (χ0n) is 16.0. The van der Waals surface area contributed by atoms with E-state index >= 15 is 0 Å². The normalized spacial score (nSPS) is 14.4. The minimum absolute atomic E-state index is 0.231. The van der Waals surface area contributed by atoms with Crippen molar-refractivity contribution in [2.24, 2.45) is 0 Å². The lowest BCUT2D eigenvalue weighted by molar-refractivity contribution is 0.0945. The fourth-order valence-corrected chi connectivity index (χ4v) is 3.61. The zero-order chi connectivity index (χ0) is 19.2. The number of aryl methyl sites for hydroxylation is 1. The second kappa shape index (κ2) is 8.68. The molecule has 0 saturated heterocycles. The van der Waals surface area contributed by atoms with Gasteiger partial charge in [-0.2, -0.15) is 5.26 Å². The van der Waals surface area contributed by atoms with Crippen LogP contribution in [0, 0.1) is 18.3 Å². The molecule has 5 heteroatoms. The van der Waals surface area contributed by atoms with Crippen molar-refractivity contribution in [2.45, 2.75) is 51.6 Å². The Bertz CT molecular complexity index is 832. The molecule has 1 aliphatic carbocycles. The highest BCUT2D eigenvalue weighted by molar-refractivity contribution is 5.92. The molecule has 1 aromatic carbocycles. The molecule has 0 unspecified atom stereocenters. The summed E-state index contributed by atoms with van der Waals surface area (Å²) in [6, 6.07) is 14.3. The van der Waals surface area contributed by atoms with Crippen LogP contribution in [-0.2, 0) is 6.54 Å². The SMILES string of the molecule is Cc1nc(C(=O)NCc2ccc(N(C)C3CCCCC3)cc2)ccc1C#N. The van der Waals surface area contributed by atoms with Crippen molar-refractivity contribution < 1.29 is 4.79 Å². The molecule has 1 fully saturated rings. The van der Waals surface area contributed by atoms with Crippen LogP contribution in [0.25, 0.3) is 0 Å². The fraction of sp³-hybridized carbons (Fsp3) is 0.409. The van der Waals surface area contributed by atoms with Crippen LogP contribution in [0.3, 0.4) is 0 Å². The third-order valence-corrected chi connectivity index (χ3v) is 5.36. The molecule has 1 heterocycles. The first-order valence-corrected chi connectivity index (χ1v) is 9.56. The number of hydrogen-bond donors (Lipinski definition) is 1. The summed E-state index contributed by atoms with van der Waals surface area (Å²) in [7, 11) is 2.17. The molecule has 140 valence electrons. The Balaban J connectivity index is 1.57. The Morgan fingerprint density at radius 3 is 2.52 bits per heavy atom. The average Bonchev–Trinajstić information content (AvgIpc) is 2.72. The van der Waals surface area contributed by atoms with Crippen molar-refractivity contribution in [3.05, 3.63) is 58.9 Å². The van der Waals surface area contributed by atoms with Crippen LogP contribution in [0.15, 0.2) is 36.4 Å². The second-order valence-electron chi connectivity index (χ2n) is 7.19. The minimum Gasteiger partial charge on any atom is -0.372 e. The van der Waals surface area contributed by atoms with Crippen molar-refractivity contribution >= 4 is 11.6 Å². The van der Waals surface area contributed by atoms with E-state index < -0.39 is 0 Å². The van der Waals surface area contributed by atoms with Gasteiger partial charge in [0, 0.05) is 25.3 Å². The summed E-state index contributed by atoms with van der Waals surface area (Å²) >= 11 is 0. The summed E-state index contributed by atoms with van der Waals surface area (Å²) in [4.78, 5) is 18.9. The molecule has 1 saturated carbocycles. The number of nitriles is 1. The Hall–Kier alpha value is -2.87. The highest BCUT2D eigenvalue weighted by atomic mass is 16.1. The minimum atomic E-state index is -0.231. The monoisotopic (exact) mass is 362 g/mol. The highest BCUT2D eigenvalue weighted by Gasteiger charge is 2.18. The third kappa shape index (κ3) is 4.65. The highest BCUT2D eigenvalue weighted by Crippen LogP contribution is 2.26. The van der Waals surface area contributed by atoms with E-state index in [0.717, 1.165) is 5.56 Å². The summed E-state index contributed by atoms with van der Waals surface area (Å²) in [6.07, 6.45) is 6.54. The van der Waals surface area contributed by atoms with E-state index in [2.05, 4.69) is 52.6 Å². The van der Waals surface area contributed by atoms with Crippen molar-refractivity contribution in [1.29, 1.82) is 5.26 Å². The van der Waals surface area contributed by atoms with Crippen LogP contribution in [0.5, 0.6) is 0 Å². The summed E-state index contributed by atoms with van der Waals surface area (Å²) in [6.45, 7) is 2.18. The van der Waals surface area contributed by atoms with E-state index in [1.165, 1.54) is 37.8 Å². The maximum atomic E-state index is 12.3. The van der Waals surface area contributed by atoms with Gasteiger partial charge in [-0.3, -0.25) is 4.79 Å². The molecular weight excluding hydrogens is 336 g/mol. The maximum Gasteiger partial charge on any atom is 0.270 e. The number of benzene rings is 1. The molecule has 1 amide bonds. The van der Waals surface area contributed by atoms with Gasteiger partial charge in [0.15, 0.2) is 0 Å². The number of hydrogen-bond acceptors (Lipinski definition) is 4. The van der Waals surface area contributed by atoms with Gasteiger partial charge in [-0.1, -0.05) is 31.4 Å². The molecule has 0 spiro atoms. The van der Waals surface area contributed by atoms with Crippen LogP contribution in [0.4, 0.5) is 5.69 Å². The first-order valence-electron chi connectivity index (χ1n) is 9.56. The Kier molecular flexibility index (Phi) is 6.08. The lowest BCUT2D eigenvalue weighted by Crippen LogP contribution is -2.33. The molecular formula is C22H26N4O. The average molecular weight is 362 g/mol. The molecule has 0 bridgehead atoms. The second-order valence-corrected chi connectivity index (χ2v) is 7.19. The van der Waals surface area contributed by atoms with Crippen molar-refractivity contribution in [1.82, 2.24) is 10.3 Å². The van der Waals surface area contributed by atoms with Gasteiger partial charge in [0.1, 0.15) is 11.8 Å². The smallest absolute Gasteiger partial charge is 0.270 e. The lowest BCUT2D eigenvalue weighted by atomic mass is 9.94. The van der Waals surface area contributed by atoms with Gasteiger partial charge in [0.05, 0.1) is 11.3 Å². The summed E-state index contributed by atoms with van der Waals surface area (Å²) in [5.74, 6) is -0.231. The van der Waals surface area contributed by atoms with E-state index in [1.54, 1.807) is 19.1 Å². The van der Waals surface area contributed by atoms with E-state index in [9.17, 15) is 4.79 Å². The topological polar surface area (TPSA) is 69.0 Å². The molecule has 5 nitrogen and oxygen atoms in total. The molecule has 0 aliphatic heterocycles. The number of rotatable bonds is 5. The quantitative estimate of drug-likeness (QED) is 0.874. The molecule has 27 heavy (non-hydrogen) atoms. The third-order valence-electron chi connectivity index (χ3n) is 5.36. The standard InChI is InChI=1S/C22H26N4O/c1-16-18(14-23)10-13-21(25-16)22(27)24-15-17-8-11-20(12-9-17)26(2)19-6-4-3-5-7-19/h8-13,19H,3-7,15H2,1-2H3,(H,24,27). The number of anilines is 1. The van der Waals surface area contributed by atoms with Gasteiger partial charge in [-0.15, -0.1) is 0 Å². The first kappa shape index (κ1) is 18.9. The summed E-state index contributed by atoms with van der Waals surface area (Å²) in [5.41, 5.74) is 3.67. The van der Waals surface area contributed by atoms with Gasteiger partial charge in [-0.25, -0.2) is 4.98 Å². The number of aromatic nitrogens is 1. The lowest BCUT2D eigenvalue weighted by Gasteiger charge is -2.33. The molecule has 1 aromatic heterocycles. The van der Waals surface area contributed by atoms with Crippen LogP contribution in [-0.4, -0.2) is 24.0 Å². The largest absolute Gasteiger partial charge is 0.372 e. The first-order chi connectivity index (χ1) is 13.1. The molecule has 0 radical (unpaired) electrons. The number of carbonyl (C=O) groups is 1. The Morgan fingerprint density at radius 2 is 1.89 bits per heavy atom. The van der Waals surface area contributed by atoms with Crippen LogP contribution in [0.2, 0.25) is 0 Å². The number of nitrogens with zero attached hydrogens (tertiary/aromatic N) is 3. The predicted molar refractivity (Wildman–Crippen MR) is 107 cm³/mol. The molecule has 3 rings (SSSR count). The molecule has 1 N–H and O–H groups in total. The van der Waals surface area contributed by atoms with Crippen LogP contribution in [0.1, 0.15) is 59.4 Å². The predicted octanol–water partition coefficient (Wildman–Crippen LogP) is 3.96. The summed E-state index contributed by atoms with van der Waals surface area (Å²) < 4.78 is 0. The Morgan fingerprint density at radius 1 is 1.19 bits per heavy atom. The van der Waals surface area contributed by atoms with Gasteiger partial charge in [0.2, 0.25) is 0 Å². The zero-order valence-corrected chi connectivity index (χ0v) is 16.0. The van der Waals surface area contributed by atoms with Crippen molar-refractivity contribution in [3.8, 4) is 6.07 Å². The fourth-order valence-electron chi connectivity index (χ4n) is 3.61. The van der Waals surface area contributed by atoms with Crippen molar-refractivity contribution in [2.75, 3.05) is 11.9 Å². The van der Waals surface area contributed by atoms with Crippen LogP contribution < -0.4 is 10.2 Å². The number of pyridine rings is 1. The molecule has 2 aromatic rings. The van der Waals surface area contributed by atoms with E-state index in [1.807, 2.05) is 0 Å².